The molecule has 1 aromatic carbocycles. The Morgan fingerprint density at radius 2 is 2.04 bits per heavy atom. The summed E-state index contributed by atoms with van der Waals surface area (Å²) in [5, 5.41) is 0. The lowest BCUT2D eigenvalue weighted by molar-refractivity contribution is -0.137. The van der Waals surface area contributed by atoms with E-state index in [2.05, 4.69) is 4.98 Å². The summed E-state index contributed by atoms with van der Waals surface area (Å²) in [6.45, 7) is 1.28. The fourth-order valence-electron chi connectivity index (χ4n) is 3.35. The maximum atomic E-state index is 13.0. The third kappa shape index (κ3) is 4.66. The molecule has 1 saturated heterocycles. The number of aromatic nitrogens is 1. The van der Waals surface area contributed by atoms with Gasteiger partial charge in [-0.15, -0.1) is 0 Å². The Morgan fingerprint density at radius 1 is 1.26 bits per heavy atom. The zero-order chi connectivity index (χ0) is 19.4. The zero-order valence-electron chi connectivity index (χ0n) is 15.0. The number of hydrogen-bond donors (Lipinski definition) is 0. The van der Waals surface area contributed by atoms with Crippen molar-refractivity contribution in [2.75, 3.05) is 26.8 Å². The second kappa shape index (κ2) is 8.08. The third-order valence-electron chi connectivity index (χ3n) is 4.72. The molecule has 144 valence electrons. The van der Waals surface area contributed by atoms with Gasteiger partial charge in [0.2, 0.25) is 5.91 Å². The van der Waals surface area contributed by atoms with Crippen molar-refractivity contribution in [3.63, 3.8) is 0 Å². The van der Waals surface area contributed by atoms with Gasteiger partial charge in [0.25, 0.3) is 0 Å². The average Bonchev–Trinajstić information content (AvgIpc) is 2.68. The fourth-order valence-corrected chi connectivity index (χ4v) is 3.35. The number of amides is 1. The number of nitrogens with zero attached hydrogens (tertiary/aromatic N) is 2. The van der Waals surface area contributed by atoms with Crippen LogP contribution < -0.4 is 0 Å². The van der Waals surface area contributed by atoms with E-state index in [4.69, 9.17) is 4.74 Å². The van der Waals surface area contributed by atoms with Crippen LogP contribution in [0.3, 0.4) is 0 Å². The number of methoxy groups -OCH3 is 1. The van der Waals surface area contributed by atoms with Crippen LogP contribution in [-0.4, -0.2) is 42.6 Å². The van der Waals surface area contributed by atoms with Gasteiger partial charge in [0.1, 0.15) is 6.61 Å². The predicted molar refractivity (Wildman–Crippen MR) is 95.1 cm³/mol. The van der Waals surface area contributed by atoms with E-state index in [1.165, 1.54) is 13.2 Å². The summed E-state index contributed by atoms with van der Waals surface area (Å²) in [5.74, 6) is 0.00142. The molecule has 2 aromatic rings. The highest BCUT2D eigenvalue weighted by atomic mass is 19.4. The number of ether oxygens (including phenoxy) is 1. The number of carbonyl (C=O) groups excluding carboxylic acids is 1. The largest absolute Gasteiger partial charge is 0.416 e. The number of piperidine rings is 1. The molecule has 1 aliphatic rings. The minimum absolute atomic E-state index is 0.0461. The molecule has 1 fully saturated rings. The number of halogens is 3. The summed E-state index contributed by atoms with van der Waals surface area (Å²) in [6, 6.07) is 10.5. The van der Waals surface area contributed by atoms with Gasteiger partial charge >= 0.3 is 6.18 Å². The molecule has 0 N–H and O–H groups in total. The Kier molecular flexibility index (Phi) is 5.79. The first-order valence-corrected chi connectivity index (χ1v) is 8.80. The SMILES string of the molecule is COCC(=O)N1CCC[C@@H](c2cccc(-c3cccc(C(F)(F)F)c3)n2)C1. The van der Waals surface area contributed by atoms with Crippen LogP contribution >= 0.6 is 0 Å². The van der Waals surface area contributed by atoms with Gasteiger partial charge in [-0.2, -0.15) is 13.2 Å². The third-order valence-corrected chi connectivity index (χ3v) is 4.72. The summed E-state index contributed by atoms with van der Waals surface area (Å²) in [4.78, 5) is 18.4. The molecular weight excluding hydrogens is 357 g/mol. The Morgan fingerprint density at radius 3 is 2.78 bits per heavy atom. The van der Waals surface area contributed by atoms with Crippen LogP contribution in [0.4, 0.5) is 13.2 Å². The summed E-state index contributed by atoms with van der Waals surface area (Å²) >= 11 is 0. The van der Waals surface area contributed by atoms with E-state index in [1.54, 1.807) is 23.1 Å². The van der Waals surface area contributed by atoms with Gasteiger partial charge in [-0.05, 0) is 37.1 Å². The van der Waals surface area contributed by atoms with Crippen LogP contribution in [-0.2, 0) is 15.7 Å². The van der Waals surface area contributed by atoms with Crippen LogP contribution in [0.25, 0.3) is 11.3 Å². The van der Waals surface area contributed by atoms with Crippen LogP contribution in [0.5, 0.6) is 0 Å². The van der Waals surface area contributed by atoms with E-state index in [1.807, 2.05) is 6.07 Å². The molecule has 7 heteroatoms. The van der Waals surface area contributed by atoms with Crippen molar-refractivity contribution in [2.24, 2.45) is 0 Å². The molecule has 4 nitrogen and oxygen atoms in total. The molecule has 0 bridgehead atoms. The van der Waals surface area contributed by atoms with Crippen LogP contribution in [0.15, 0.2) is 42.5 Å². The zero-order valence-corrected chi connectivity index (χ0v) is 15.0. The minimum Gasteiger partial charge on any atom is -0.375 e. The van der Waals surface area contributed by atoms with Gasteiger partial charge in [0.05, 0.1) is 11.3 Å². The standard InChI is InChI=1S/C20H21F3N2O2/c1-27-13-19(26)25-10-4-6-15(12-25)18-9-3-8-17(24-18)14-5-2-7-16(11-14)20(21,22)23/h2-3,5,7-9,11,15H,4,6,10,12-13H2,1H3/t15-/m1/s1. The molecule has 1 atom stereocenters. The topological polar surface area (TPSA) is 42.4 Å². The molecule has 1 aromatic heterocycles. The molecule has 0 aliphatic carbocycles. The summed E-state index contributed by atoms with van der Waals surface area (Å²) in [7, 11) is 1.49. The summed E-state index contributed by atoms with van der Waals surface area (Å²) < 4.78 is 43.8. The highest BCUT2D eigenvalue weighted by Crippen LogP contribution is 2.32. The first kappa shape index (κ1) is 19.4. The van der Waals surface area contributed by atoms with E-state index >= 15 is 0 Å². The second-order valence-corrected chi connectivity index (χ2v) is 6.64. The van der Waals surface area contributed by atoms with Crippen molar-refractivity contribution >= 4 is 5.91 Å². The van der Waals surface area contributed by atoms with E-state index in [0.29, 0.717) is 24.3 Å². The number of benzene rings is 1. The van der Waals surface area contributed by atoms with Gasteiger partial charge < -0.3 is 9.64 Å². The lowest BCUT2D eigenvalue weighted by Crippen LogP contribution is -2.41. The molecule has 0 unspecified atom stereocenters. The maximum absolute atomic E-state index is 13.0. The predicted octanol–water partition coefficient (Wildman–Crippen LogP) is 4.12. The molecule has 1 amide bonds. The molecule has 0 spiro atoms. The van der Waals surface area contributed by atoms with Gasteiger partial charge in [-0.25, -0.2) is 0 Å². The van der Waals surface area contributed by atoms with Crippen LogP contribution in [0.1, 0.15) is 30.0 Å². The highest BCUT2D eigenvalue weighted by molar-refractivity contribution is 5.77. The second-order valence-electron chi connectivity index (χ2n) is 6.64. The Hall–Kier alpha value is -2.41. The normalized spacial score (nSPS) is 17.8. The molecule has 1 aliphatic heterocycles. The van der Waals surface area contributed by atoms with Crippen molar-refractivity contribution in [1.29, 1.82) is 0 Å². The van der Waals surface area contributed by atoms with Crippen molar-refractivity contribution in [3.8, 4) is 11.3 Å². The van der Waals surface area contributed by atoms with Gasteiger partial charge in [0, 0.05) is 37.4 Å². The number of carbonyl (C=O) groups is 1. The molecule has 27 heavy (non-hydrogen) atoms. The number of rotatable bonds is 4. The Bertz CT molecular complexity index is 808. The quantitative estimate of drug-likeness (QED) is 0.804. The summed E-state index contributed by atoms with van der Waals surface area (Å²) in [5.41, 5.74) is 1.02. The van der Waals surface area contributed by atoms with Crippen molar-refractivity contribution in [1.82, 2.24) is 9.88 Å². The first-order chi connectivity index (χ1) is 12.9. The van der Waals surface area contributed by atoms with E-state index in [9.17, 15) is 18.0 Å². The molecule has 0 radical (unpaired) electrons. The van der Waals surface area contributed by atoms with E-state index in [0.717, 1.165) is 30.7 Å². The number of pyridine rings is 1. The number of hydrogen-bond acceptors (Lipinski definition) is 3. The van der Waals surface area contributed by atoms with Crippen LogP contribution in [0, 0.1) is 0 Å². The smallest absolute Gasteiger partial charge is 0.375 e. The van der Waals surface area contributed by atoms with Gasteiger partial charge in [-0.3, -0.25) is 9.78 Å². The van der Waals surface area contributed by atoms with E-state index in [-0.39, 0.29) is 18.4 Å². The lowest BCUT2D eigenvalue weighted by Gasteiger charge is -2.32. The minimum atomic E-state index is -4.39. The first-order valence-electron chi connectivity index (χ1n) is 8.80. The van der Waals surface area contributed by atoms with Crippen LogP contribution in [0.2, 0.25) is 0 Å². The number of likely N-dealkylation sites (tertiary alicyclic amines) is 1. The van der Waals surface area contributed by atoms with Crippen molar-refractivity contribution in [2.45, 2.75) is 24.9 Å². The highest BCUT2D eigenvalue weighted by Gasteiger charge is 2.30. The molecule has 3 rings (SSSR count). The number of alkyl halides is 3. The molecule has 0 saturated carbocycles. The fraction of sp³-hybridized carbons (Fsp3) is 0.400. The monoisotopic (exact) mass is 378 g/mol. The summed E-state index contributed by atoms with van der Waals surface area (Å²) in [6.07, 6.45) is -2.65. The molecular formula is C20H21F3N2O2. The van der Waals surface area contributed by atoms with E-state index < -0.39 is 11.7 Å². The van der Waals surface area contributed by atoms with Crippen molar-refractivity contribution < 1.29 is 22.7 Å². The Balaban J connectivity index is 1.83. The average molecular weight is 378 g/mol. The molecule has 2 heterocycles. The van der Waals surface area contributed by atoms with Gasteiger partial charge in [0.15, 0.2) is 0 Å². The lowest BCUT2D eigenvalue weighted by atomic mass is 9.93. The van der Waals surface area contributed by atoms with Crippen molar-refractivity contribution in [3.05, 3.63) is 53.7 Å². The maximum Gasteiger partial charge on any atom is 0.416 e. The van der Waals surface area contributed by atoms with Gasteiger partial charge in [-0.1, -0.05) is 18.2 Å². The Labute approximate surface area is 156 Å².